The van der Waals surface area contributed by atoms with E-state index in [1.807, 2.05) is 24.3 Å². The van der Waals surface area contributed by atoms with Gasteiger partial charge in [-0.15, -0.1) is 0 Å². The van der Waals surface area contributed by atoms with Crippen molar-refractivity contribution in [1.82, 2.24) is 10.2 Å². The van der Waals surface area contributed by atoms with Gasteiger partial charge >= 0.3 is 0 Å². The number of hydrogen-bond acceptors (Lipinski definition) is 11. The molecule has 0 aromatic heterocycles. The maximum atomic E-state index is 14.9. The molecule has 5 rings (SSSR count). The molecule has 2 amide bonds. The van der Waals surface area contributed by atoms with Gasteiger partial charge in [-0.1, -0.05) is 94.8 Å². The Morgan fingerprint density at radius 1 is 0.818 bits per heavy atom. The summed E-state index contributed by atoms with van der Waals surface area (Å²) >= 11 is 0. The van der Waals surface area contributed by atoms with Gasteiger partial charge in [0, 0.05) is 74.3 Å². The predicted octanol–water partition coefficient (Wildman–Crippen LogP) is 7.02. The average molecular weight is 899 g/mol. The molecule has 66 heavy (non-hydrogen) atoms. The molecule has 1 heterocycles. The van der Waals surface area contributed by atoms with Gasteiger partial charge in [0.2, 0.25) is 11.8 Å². The minimum atomic E-state index is -1.20. The summed E-state index contributed by atoms with van der Waals surface area (Å²) in [7, 11) is 1.55. The van der Waals surface area contributed by atoms with E-state index in [1.165, 1.54) is 10.5 Å². The topological polar surface area (TPSA) is 221 Å². The maximum absolute atomic E-state index is 14.9. The number of Topliss-reactive ketones (excluding diaryl/α,β-unsaturated/α-hetero) is 3. The Labute approximate surface area is 389 Å². The van der Waals surface area contributed by atoms with Crippen molar-refractivity contribution in [2.45, 2.75) is 96.6 Å². The van der Waals surface area contributed by atoms with Crippen molar-refractivity contribution in [2.24, 2.45) is 29.0 Å². The van der Waals surface area contributed by atoms with Crippen LogP contribution in [-0.2, 0) is 31.0 Å². The molecule has 1 aliphatic rings. The summed E-state index contributed by atoms with van der Waals surface area (Å²) in [5.41, 5.74) is 23.5. The summed E-state index contributed by atoms with van der Waals surface area (Å²) in [6.45, 7) is 9.33. The van der Waals surface area contributed by atoms with Crippen LogP contribution in [0, 0.1) is 23.2 Å². The highest BCUT2D eigenvalue weighted by atomic mass is 16.5. The molecule has 0 saturated carbocycles. The molecule has 0 radical (unpaired) electrons. The van der Waals surface area contributed by atoms with Crippen LogP contribution in [0.1, 0.15) is 106 Å². The largest absolute Gasteiger partial charge is 0.492 e. The van der Waals surface area contributed by atoms with E-state index in [2.05, 4.69) is 50.4 Å². The third-order valence-corrected chi connectivity index (χ3v) is 12.1. The van der Waals surface area contributed by atoms with Gasteiger partial charge < -0.3 is 36.9 Å². The second-order valence-corrected chi connectivity index (χ2v) is 18.2. The number of ether oxygens (including phenoxy) is 2. The number of carbonyl (C=O) groups excluding carboxylic acids is 5. The normalized spacial score (nSPS) is 16.9. The number of nitriles is 1. The van der Waals surface area contributed by atoms with E-state index in [4.69, 9.17) is 26.7 Å². The zero-order chi connectivity index (χ0) is 48.0. The van der Waals surface area contributed by atoms with Crippen LogP contribution in [0.4, 0.5) is 0 Å². The van der Waals surface area contributed by atoms with Gasteiger partial charge in [0.25, 0.3) is 0 Å². The van der Waals surface area contributed by atoms with Crippen LogP contribution in [0.5, 0.6) is 11.5 Å². The Bertz CT molecular complexity index is 2370. The molecule has 4 aromatic carbocycles. The Morgan fingerprint density at radius 3 is 2.02 bits per heavy atom. The number of nitrogens with zero attached hydrogens (tertiary/aromatic N) is 2. The van der Waals surface area contributed by atoms with Gasteiger partial charge in [-0.05, 0) is 83.3 Å². The summed E-state index contributed by atoms with van der Waals surface area (Å²) < 4.78 is 12.3. The Balaban J connectivity index is 1.56. The molecule has 1 aliphatic heterocycles. The fourth-order valence-electron chi connectivity index (χ4n) is 8.33. The van der Waals surface area contributed by atoms with Crippen LogP contribution < -0.4 is 32.0 Å². The molecule has 350 valence electrons. The number of rotatable bonds is 19. The molecule has 0 aliphatic carbocycles. The number of carbonyl (C=O) groups is 5. The number of fused-ring (bicyclic) bond motifs is 5. The Kier molecular flexibility index (Phi) is 18.3. The number of nitrogens with one attached hydrogen (secondary N) is 1. The van der Waals surface area contributed by atoms with E-state index in [0.717, 1.165) is 11.1 Å². The van der Waals surface area contributed by atoms with Crippen molar-refractivity contribution in [3.63, 3.8) is 0 Å². The highest BCUT2D eigenvalue weighted by molar-refractivity contribution is 6.00. The fraction of sp³-hybridized carbons (Fsp3) is 0.434. The van der Waals surface area contributed by atoms with Crippen LogP contribution in [0.2, 0.25) is 0 Å². The SMILES string of the molecule is C[C@@H]1CC(=O)[C@@H](N(C)C(=O)[C@H](CCCCN)CC(=O)c2ccc(-c3ccc(C(C)(C)C)cc3)cc2)c2ccc(OCCN)c(c2)-c2cc(ccc2OCCN)C[C@@H](C(=O)CCC#N)NC1=O. The smallest absolute Gasteiger partial charge is 0.226 e. The molecule has 13 nitrogen and oxygen atoms in total. The molecule has 0 spiro atoms. The number of unbranched alkanes of at least 4 members (excludes halogenated alkanes) is 1. The summed E-state index contributed by atoms with van der Waals surface area (Å²) in [5.74, 6) is -2.68. The third kappa shape index (κ3) is 13.2. The Hall–Kier alpha value is -6.20. The minimum absolute atomic E-state index is 0.0191. The maximum Gasteiger partial charge on any atom is 0.226 e. The summed E-state index contributed by atoms with van der Waals surface area (Å²) in [5, 5.41) is 12.1. The van der Waals surface area contributed by atoms with Gasteiger partial charge in [-0.2, -0.15) is 5.26 Å². The molecule has 13 heteroatoms. The first kappa shape index (κ1) is 50.8. The lowest BCUT2D eigenvalue weighted by Crippen LogP contribution is -2.45. The average Bonchev–Trinajstić information content (AvgIpc) is 3.31. The second kappa shape index (κ2) is 23.8. The summed E-state index contributed by atoms with van der Waals surface area (Å²) in [6.07, 6.45) is 1.23. The van der Waals surface area contributed by atoms with Crippen LogP contribution in [0.25, 0.3) is 22.3 Å². The molecular formula is C53H66N6O7. The number of hydrogen-bond donors (Lipinski definition) is 4. The van der Waals surface area contributed by atoms with Crippen molar-refractivity contribution in [1.29, 1.82) is 5.26 Å². The highest BCUT2D eigenvalue weighted by Crippen LogP contribution is 2.41. The van der Waals surface area contributed by atoms with E-state index >= 15 is 0 Å². The van der Waals surface area contributed by atoms with Gasteiger partial charge in [0.15, 0.2) is 17.3 Å². The molecule has 0 unspecified atom stereocenters. The van der Waals surface area contributed by atoms with Crippen LogP contribution in [0.3, 0.4) is 0 Å². The number of amides is 2. The van der Waals surface area contributed by atoms with Gasteiger partial charge in [-0.3, -0.25) is 24.0 Å². The first-order valence-electron chi connectivity index (χ1n) is 23.0. The fourth-order valence-corrected chi connectivity index (χ4v) is 8.33. The van der Waals surface area contributed by atoms with E-state index < -0.39 is 41.5 Å². The highest BCUT2D eigenvalue weighted by Gasteiger charge is 2.36. The third-order valence-electron chi connectivity index (χ3n) is 12.1. The van der Waals surface area contributed by atoms with Crippen molar-refractivity contribution < 1.29 is 33.4 Å². The first-order valence-corrected chi connectivity index (χ1v) is 23.0. The second-order valence-electron chi connectivity index (χ2n) is 18.2. The van der Waals surface area contributed by atoms with E-state index in [9.17, 15) is 29.2 Å². The van der Waals surface area contributed by atoms with Gasteiger partial charge in [-0.25, -0.2) is 0 Å². The predicted molar refractivity (Wildman–Crippen MR) is 257 cm³/mol. The zero-order valence-corrected chi connectivity index (χ0v) is 39.1. The van der Waals surface area contributed by atoms with Crippen molar-refractivity contribution in [3.05, 3.63) is 107 Å². The van der Waals surface area contributed by atoms with Crippen LogP contribution in [-0.4, -0.2) is 80.0 Å². The summed E-state index contributed by atoms with van der Waals surface area (Å²) in [6, 6.07) is 26.2. The molecular weight excluding hydrogens is 833 g/mol. The number of ketones is 3. The van der Waals surface area contributed by atoms with E-state index in [0.29, 0.717) is 65.1 Å². The summed E-state index contributed by atoms with van der Waals surface area (Å²) in [4.78, 5) is 72.5. The lowest BCUT2D eigenvalue weighted by molar-refractivity contribution is -0.142. The molecule has 0 fully saturated rings. The molecule has 4 atom stereocenters. The minimum Gasteiger partial charge on any atom is -0.492 e. The van der Waals surface area contributed by atoms with Crippen molar-refractivity contribution >= 4 is 29.2 Å². The Morgan fingerprint density at radius 2 is 1.42 bits per heavy atom. The first-order chi connectivity index (χ1) is 31.6. The van der Waals surface area contributed by atoms with E-state index in [-0.39, 0.29) is 75.4 Å². The molecule has 0 saturated heterocycles. The van der Waals surface area contributed by atoms with Gasteiger partial charge in [0.1, 0.15) is 30.8 Å². The number of nitrogens with two attached hydrogens (primary N) is 3. The monoisotopic (exact) mass is 898 g/mol. The number of likely N-dealkylation sites (N-methyl/N-ethyl adjacent to an activating group) is 1. The lowest BCUT2D eigenvalue weighted by Gasteiger charge is -2.32. The van der Waals surface area contributed by atoms with Crippen molar-refractivity contribution in [3.8, 4) is 39.8 Å². The van der Waals surface area contributed by atoms with Gasteiger partial charge in [0.05, 0.1) is 12.1 Å². The molecule has 4 aromatic rings. The standard InChI is InChI=1S/C53H66N6O7/c1-34-29-47(62)50(59(5)52(64)40(9-6-7-23-54)33-46(61)38-14-12-36(13-15-38)37-16-19-41(20-17-37)53(2,3)4)39-18-22-49(66-28-26-57)43(32-39)42-30-35(11-21-48(42)65-27-25-56)31-44(58-51(34)63)45(60)10-8-24-55/h11-22,30,32,34,40,44,50H,6-10,23,25-29,31,33,54,56-57H2,1-5H3,(H,58,63)/t34-,40-,44+,50+/m1/s1. The van der Waals surface area contributed by atoms with E-state index in [1.54, 1.807) is 56.4 Å². The molecule has 4 bridgehead atoms. The molecule has 7 N–H and O–H groups in total. The zero-order valence-electron chi connectivity index (χ0n) is 39.1. The van der Waals surface area contributed by atoms with Crippen LogP contribution >= 0.6 is 0 Å². The van der Waals surface area contributed by atoms with Crippen LogP contribution in [0.15, 0.2) is 84.9 Å². The lowest BCUT2D eigenvalue weighted by atomic mass is 9.86. The number of benzene rings is 4. The quantitative estimate of drug-likeness (QED) is 0.0553. The van der Waals surface area contributed by atoms with Crippen molar-refractivity contribution in [2.75, 3.05) is 39.9 Å².